The molecule has 0 saturated carbocycles. The van der Waals surface area contributed by atoms with Gasteiger partial charge in [-0.25, -0.2) is 9.36 Å². The van der Waals surface area contributed by atoms with Crippen LogP contribution in [0.25, 0.3) is 5.69 Å². The molecule has 0 atom stereocenters. The molecule has 11 heteroatoms. The number of ether oxygens (including phenoxy) is 1. The van der Waals surface area contributed by atoms with Crippen molar-refractivity contribution in [3.05, 3.63) is 47.8 Å². The molecule has 0 aliphatic heterocycles. The van der Waals surface area contributed by atoms with Crippen molar-refractivity contribution in [1.29, 1.82) is 5.26 Å². The predicted molar refractivity (Wildman–Crippen MR) is 90.5 cm³/mol. The van der Waals surface area contributed by atoms with E-state index in [-0.39, 0.29) is 23.0 Å². The summed E-state index contributed by atoms with van der Waals surface area (Å²) in [6, 6.07) is 9.63. The molecule has 9 nitrogen and oxygen atoms in total. The van der Waals surface area contributed by atoms with Crippen LogP contribution in [-0.2, 0) is 7.05 Å². The summed E-state index contributed by atoms with van der Waals surface area (Å²) in [5.74, 6) is -0.781. The van der Waals surface area contributed by atoms with Crippen LogP contribution in [-0.4, -0.2) is 32.1 Å². The highest BCUT2D eigenvalue weighted by molar-refractivity contribution is 6.04. The largest absolute Gasteiger partial charge is 0.417 e. The highest BCUT2D eigenvalue weighted by atomic mass is 19.3. The number of aromatic nitrogens is 4. The van der Waals surface area contributed by atoms with Crippen molar-refractivity contribution in [3.8, 4) is 17.6 Å². The molecule has 2 heterocycles. The zero-order valence-electron chi connectivity index (χ0n) is 13.9. The minimum Gasteiger partial charge on any atom is -0.417 e. The van der Waals surface area contributed by atoms with E-state index in [9.17, 15) is 13.6 Å². The van der Waals surface area contributed by atoms with Crippen LogP contribution in [0, 0.1) is 11.3 Å². The first-order valence-electron chi connectivity index (χ1n) is 7.54. The van der Waals surface area contributed by atoms with Crippen LogP contribution >= 0.6 is 0 Å². The summed E-state index contributed by atoms with van der Waals surface area (Å²) in [6.07, 6.45) is 1.31. The Kier molecular flexibility index (Phi) is 4.71. The van der Waals surface area contributed by atoms with Crippen molar-refractivity contribution in [2.75, 3.05) is 11.1 Å². The second-order valence-electron chi connectivity index (χ2n) is 5.31. The molecule has 0 saturated heterocycles. The number of para-hydroxylation sites is 2. The van der Waals surface area contributed by atoms with Gasteiger partial charge in [0.15, 0.2) is 5.69 Å². The average Bonchev–Trinajstić information content (AvgIpc) is 3.18. The summed E-state index contributed by atoms with van der Waals surface area (Å²) >= 11 is 0. The number of anilines is 2. The van der Waals surface area contributed by atoms with Gasteiger partial charge in [-0.2, -0.15) is 24.2 Å². The zero-order chi connectivity index (χ0) is 19.6. The Morgan fingerprint density at radius 2 is 2.15 bits per heavy atom. The highest BCUT2D eigenvalue weighted by Crippen LogP contribution is 2.24. The minimum atomic E-state index is -3.03. The van der Waals surface area contributed by atoms with E-state index < -0.39 is 12.5 Å². The molecule has 27 heavy (non-hydrogen) atoms. The number of amides is 1. The maximum atomic E-state index is 12.5. The van der Waals surface area contributed by atoms with Gasteiger partial charge in [0.2, 0.25) is 5.88 Å². The second kappa shape index (κ2) is 7.12. The predicted octanol–water partition coefficient (Wildman–Crippen LogP) is 1.91. The molecule has 0 radical (unpaired) electrons. The molecule has 0 unspecified atom stereocenters. The third kappa shape index (κ3) is 3.54. The highest BCUT2D eigenvalue weighted by Gasteiger charge is 2.18. The van der Waals surface area contributed by atoms with E-state index in [1.807, 2.05) is 6.07 Å². The van der Waals surface area contributed by atoms with Gasteiger partial charge in [-0.1, -0.05) is 12.1 Å². The molecule has 0 spiro atoms. The van der Waals surface area contributed by atoms with Gasteiger partial charge in [-0.05, 0) is 12.1 Å². The third-order valence-electron chi connectivity index (χ3n) is 3.59. The van der Waals surface area contributed by atoms with Crippen molar-refractivity contribution in [1.82, 2.24) is 19.6 Å². The first kappa shape index (κ1) is 17.9. The van der Waals surface area contributed by atoms with Crippen LogP contribution in [0.15, 0.2) is 36.5 Å². The molecule has 0 fully saturated rings. The number of nitrogens with one attached hydrogen (secondary N) is 1. The Morgan fingerprint density at radius 1 is 1.41 bits per heavy atom. The van der Waals surface area contributed by atoms with Crippen LogP contribution < -0.4 is 15.8 Å². The van der Waals surface area contributed by atoms with Crippen molar-refractivity contribution in [3.63, 3.8) is 0 Å². The Labute approximate surface area is 151 Å². The van der Waals surface area contributed by atoms with Gasteiger partial charge in [0.1, 0.15) is 17.5 Å². The van der Waals surface area contributed by atoms with Gasteiger partial charge < -0.3 is 15.8 Å². The quantitative estimate of drug-likeness (QED) is 0.704. The van der Waals surface area contributed by atoms with Crippen LogP contribution in [0.3, 0.4) is 0 Å². The number of carbonyl (C=O) groups excluding carboxylic acids is 1. The number of nitriles is 1. The number of aryl methyl sites for hydroxylation is 1. The van der Waals surface area contributed by atoms with Gasteiger partial charge >= 0.3 is 6.61 Å². The first-order chi connectivity index (χ1) is 12.9. The SMILES string of the molecule is Cn1nc(C(=O)Nc2ccccc2-n2ncc(C#N)c2N)cc1OC(F)F. The molecule has 1 aromatic carbocycles. The van der Waals surface area contributed by atoms with E-state index in [0.29, 0.717) is 11.4 Å². The lowest BCUT2D eigenvalue weighted by atomic mass is 10.2. The summed E-state index contributed by atoms with van der Waals surface area (Å²) < 4.78 is 31.3. The summed E-state index contributed by atoms with van der Waals surface area (Å²) in [4.78, 5) is 12.5. The van der Waals surface area contributed by atoms with E-state index in [2.05, 4.69) is 20.3 Å². The molecule has 3 aromatic rings. The molecule has 1 amide bonds. The number of nitrogens with zero attached hydrogens (tertiary/aromatic N) is 5. The van der Waals surface area contributed by atoms with Gasteiger partial charge in [-0.15, -0.1) is 0 Å². The van der Waals surface area contributed by atoms with E-state index in [0.717, 1.165) is 10.7 Å². The van der Waals surface area contributed by atoms with Crippen LogP contribution in [0.4, 0.5) is 20.3 Å². The molecule has 3 N–H and O–H groups in total. The van der Waals surface area contributed by atoms with Gasteiger partial charge in [-0.3, -0.25) is 4.79 Å². The number of alkyl halides is 2. The van der Waals surface area contributed by atoms with Crippen LogP contribution in [0.1, 0.15) is 16.1 Å². The van der Waals surface area contributed by atoms with Gasteiger partial charge in [0.05, 0.1) is 17.6 Å². The zero-order valence-corrected chi connectivity index (χ0v) is 13.9. The monoisotopic (exact) mass is 373 g/mol. The van der Waals surface area contributed by atoms with E-state index >= 15 is 0 Å². The fourth-order valence-electron chi connectivity index (χ4n) is 2.35. The number of carbonyl (C=O) groups is 1. The van der Waals surface area contributed by atoms with Crippen molar-refractivity contribution < 1.29 is 18.3 Å². The number of nitrogen functional groups attached to an aromatic ring is 1. The van der Waals surface area contributed by atoms with E-state index in [4.69, 9.17) is 11.0 Å². The molecule has 0 bridgehead atoms. The maximum absolute atomic E-state index is 12.5. The molecule has 0 aliphatic rings. The number of rotatable bonds is 5. The Balaban J connectivity index is 1.90. The number of benzene rings is 1. The lowest BCUT2D eigenvalue weighted by Crippen LogP contribution is -2.15. The van der Waals surface area contributed by atoms with Crippen molar-refractivity contribution >= 4 is 17.4 Å². The fraction of sp³-hybridized carbons (Fsp3) is 0.125. The standard InChI is InChI=1S/C16H13F2N7O2/c1-24-13(27-16(17)18)6-11(23-24)15(26)22-10-4-2-3-5-12(10)25-14(20)9(7-19)8-21-25/h2-6,8,16H,20H2,1H3,(H,22,26). The number of hydrogen-bond acceptors (Lipinski definition) is 6. The van der Waals surface area contributed by atoms with E-state index in [1.54, 1.807) is 24.3 Å². The third-order valence-corrected chi connectivity index (χ3v) is 3.59. The molecule has 2 aromatic heterocycles. The normalized spacial score (nSPS) is 10.6. The Morgan fingerprint density at radius 3 is 2.81 bits per heavy atom. The molecular weight excluding hydrogens is 360 g/mol. The van der Waals surface area contributed by atoms with E-state index in [1.165, 1.54) is 17.9 Å². The number of nitrogens with two attached hydrogens (primary N) is 1. The lowest BCUT2D eigenvalue weighted by Gasteiger charge is -2.11. The summed E-state index contributed by atoms with van der Waals surface area (Å²) in [6.45, 7) is -3.03. The summed E-state index contributed by atoms with van der Waals surface area (Å²) in [7, 11) is 1.37. The van der Waals surface area contributed by atoms with Crippen molar-refractivity contribution in [2.45, 2.75) is 6.61 Å². The molecule has 3 rings (SSSR count). The second-order valence-corrected chi connectivity index (χ2v) is 5.31. The summed E-state index contributed by atoms with van der Waals surface area (Å²) in [5, 5.41) is 19.5. The molecule has 0 aliphatic carbocycles. The lowest BCUT2D eigenvalue weighted by molar-refractivity contribution is -0.0553. The Bertz CT molecular complexity index is 1040. The topological polar surface area (TPSA) is 124 Å². The number of hydrogen-bond donors (Lipinski definition) is 2. The van der Waals surface area contributed by atoms with Crippen LogP contribution in [0.5, 0.6) is 5.88 Å². The van der Waals surface area contributed by atoms with Crippen molar-refractivity contribution in [2.24, 2.45) is 7.05 Å². The maximum Gasteiger partial charge on any atom is 0.388 e. The molecule has 138 valence electrons. The Hall–Kier alpha value is -3.94. The summed E-state index contributed by atoms with van der Waals surface area (Å²) in [5.41, 5.74) is 6.72. The minimum absolute atomic E-state index is 0.115. The smallest absolute Gasteiger partial charge is 0.388 e. The van der Waals surface area contributed by atoms with Gasteiger partial charge in [0, 0.05) is 13.1 Å². The van der Waals surface area contributed by atoms with Crippen LogP contribution in [0.2, 0.25) is 0 Å². The molecular formula is C16H13F2N7O2. The first-order valence-corrected chi connectivity index (χ1v) is 7.54. The fourth-order valence-corrected chi connectivity index (χ4v) is 2.35. The number of halogens is 2. The van der Waals surface area contributed by atoms with Gasteiger partial charge in [0.25, 0.3) is 5.91 Å². The average molecular weight is 373 g/mol.